The van der Waals surface area contributed by atoms with E-state index in [0.717, 1.165) is 23.9 Å². The van der Waals surface area contributed by atoms with Gasteiger partial charge in [-0.25, -0.2) is 4.39 Å². The molecule has 2 aromatic carbocycles. The number of aryl methyl sites for hydroxylation is 1. The lowest BCUT2D eigenvalue weighted by molar-refractivity contribution is -0.384. The van der Waals surface area contributed by atoms with Crippen molar-refractivity contribution < 1.29 is 18.6 Å². The Morgan fingerprint density at radius 1 is 1.30 bits per heavy atom. The topological polar surface area (TPSA) is 98.3 Å². The molecule has 138 valence electrons. The van der Waals surface area contributed by atoms with E-state index in [4.69, 9.17) is 4.52 Å². The summed E-state index contributed by atoms with van der Waals surface area (Å²) < 4.78 is 19.1. The molecule has 9 heteroatoms. The number of halogens is 1. The predicted octanol–water partition coefficient (Wildman–Crippen LogP) is 4.57. The van der Waals surface area contributed by atoms with Gasteiger partial charge in [-0.3, -0.25) is 14.9 Å². The van der Waals surface area contributed by atoms with Crippen LogP contribution in [0, 0.1) is 22.9 Å². The number of carbonyl (C=O) groups excluding carboxylic acids is 1. The van der Waals surface area contributed by atoms with Gasteiger partial charge >= 0.3 is 0 Å². The number of nitrogens with one attached hydrogen (secondary N) is 1. The second kappa shape index (κ2) is 8.00. The molecule has 3 rings (SSSR count). The molecule has 1 aromatic heterocycles. The SMILES string of the molecule is Cc1cc(CSc2ccccc2C(=O)Nc2cc([N+](=O)[O-])ccc2F)on1. The Morgan fingerprint density at radius 2 is 2.07 bits per heavy atom. The molecule has 0 bridgehead atoms. The maximum absolute atomic E-state index is 13.9. The molecule has 0 aliphatic heterocycles. The number of non-ortho nitro benzene ring substituents is 1. The fourth-order valence-corrected chi connectivity index (χ4v) is 3.25. The highest BCUT2D eigenvalue weighted by Crippen LogP contribution is 2.28. The van der Waals surface area contributed by atoms with Gasteiger partial charge in [-0.1, -0.05) is 17.3 Å². The van der Waals surface area contributed by atoms with Gasteiger partial charge in [0.2, 0.25) is 0 Å². The minimum absolute atomic E-state index is 0.250. The monoisotopic (exact) mass is 387 g/mol. The number of hydrogen-bond donors (Lipinski definition) is 1. The van der Waals surface area contributed by atoms with Crippen LogP contribution < -0.4 is 5.32 Å². The summed E-state index contributed by atoms with van der Waals surface area (Å²) >= 11 is 1.37. The zero-order valence-electron chi connectivity index (χ0n) is 14.1. The van der Waals surface area contributed by atoms with Crippen molar-refractivity contribution >= 4 is 29.0 Å². The standard InChI is InChI=1S/C18H14FN3O4S/c1-11-8-13(26-21-11)10-27-17-5-3-2-4-14(17)18(23)20-16-9-12(22(24)25)6-7-15(16)19/h2-9H,10H2,1H3,(H,20,23). The third-order valence-corrected chi connectivity index (χ3v) is 4.68. The van der Waals surface area contributed by atoms with Crippen LogP contribution >= 0.6 is 11.8 Å². The summed E-state index contributed by atoms with van der Waals surface area (Å²) in [5, 5.41) is 17.1. The minimum atomic E-state index is -0.754. The predicted molar refractivity (Wildman–Crippen MR) is 98.3 cm³/mol. The summed E-state index contributed by atoms with van der Waals surface area (Å²) in [6, 6.07) is 11.6. The number of nitro groups is 1. The maximum atomic E-state index is 13.9. The third-order valence-electron chi connectivity index (χ3n) is 3.59. The second-order valence-corrected chi connectivity index (χ2v) is 6.61. The first-order valence-corrected chi connectivity index (χ1v) is 8.82. The fraction of sp³-hybridized carbons (Fsp3) is 0.111. The van der Waals surface area contributed by atoms with Crippen LogP contribution in [0.4, 0.5) is 15.8 Å². The zero-order chi connectivity index (χ0) is 19.4. The number of hydrogen-bond acceptors (Lipinski definition) is 6. The molecule has 3 aromatic rings. The van der Waals surface area contributed by atoms with Gasteiger partial charge in [0.15, 0.2) is 0 Å². The fourth-order valence-electron chi connectivity index (χ4n) is 2.33. The highest BCUT2D eigenvalue weighted by Gasteiger charge is 2.17. The Hall–Kier alpha value is -3.20. The van der Waals surface area contributed by atoms with E-state index in [0.29, 0.717) is 22.0 Å². The molecular formula is C18H14FN3O4S. The van der Waals surface area contributed by atoms with Gasteiger partial charge in [0.25, 0.3) is 11.6 Å². The molecular weight excluding hydrogens is 373 g/mol. The molecule has 0 radical (unpaired) electrons. The molecule has 1 amide bonds. The Balaban J connectivity index is 1.79. The van der Waals surface area contributed by atoms with Crippen molar-refractivity contribution in [2.45, 2.75) is 17.6 Å². The van der Waals surface area contributed by atoms with Crippen LogP contribution in [0.25, 0.3) is 0 Å². The van der Waals surface area contributed by atoms with E-state index in [1.807, 2.05) is 6.92 Å². The first-order chi connectivity index (χ1) is 12.9. The molecule has 0 aliphatic rings. The summed E-state index contributed by atoms with van der Waals surface area (Å²) in [4.78, 5) is 23.4. The Morgan fingerprint density at radius 3 is 2.78 bits per heavy atom. The lowest BCUT2D eigenvalue weighted by atomic mass is 10.2. The van der Waals surface area contributed by atoms with E-state index in [-0.39, 0.29) is 11.4 Å². The summed E-state index contributed by atoms with van der Waals surface area (Å²) in [5.74, 6) is -0.184. The largest absolute Gasteiger partial charge is 0.360 e. The molecule has 0 unspecified atom stereocenters. The van der Waals surface area contributed by atoms with Crippen molar-refractivity contribution in [3.8, 4) is 0 Å². The molecule has 27 heavy (non-hydrogen) atoms. The lowest BCUT2D eigenvalue weighted by Crippen LogP contribution is -2.14. The highest BCUT2D eigenvalue weighted by atomic mass is 32.2. The van der Waals surface area contributed by atoms with Crippen LogP contribution in [0.5, 0.6) is 0 Å². The second-order valence-electron chi connectivity index (χ2n) is 5.59. The summed E-state index contributed by atoms with van der Waals surface area (Å²) in [6.45, 7) is 1.81. The smallest absolute Gasteiger partial charge is 0.271 e. The Labute approximate surface area is 157 Å². The van der Waals surface area contributed by atoms with Gasteiger partial charge in [-0.05, 0) is 25.1 Å². The van der Waals surface area contributed by atoms with E-state index < -0.39 is 16.6 Å². The van der Waals surface area contributed by atoms with Gasteiger partial charge in [-0.2, -0.15) is 0 Å². The molecule has 0 saturated carbocycles. The van der Waals surface area contributed by atoms with Crippen LogP contribution in [0.2, 0.25) is 0 Å². The van der Waals surface area contributed by atoms with Crippen molar-refractivity contribution in [2.24, 2.45) is 0 Å². The summed E-state index contributed by atoms with van der Waals surface area (Å²) in [7, 11) is 0. The Kier molecular flexibility index (Phi) is 5.51. The van der Waals surface area contributed by atoms with Crippen molar-refractivity contribution in [2.75, 3.05) is 5.32 Å². The maximum Gasteiger partial charge on any atom is 0.271 e. The number of carbonyl (C=O) groups is 1. The molecule has 1 N–H and O–H groups in total. The first-order valence-electron chi connectivity index (χ1n) is 7.83. The van der Waals surface area contributed by atoms with E-state index >= 15 is 0 Å². The molecule has 0 aliphatic carbocycles. The molecule has 0 atom stereocenters. The average molecular weight is 387 g/mol. The number of aromatic nitrogens is 1. The quantitative estimate of drug-likeness (QED) is 0.378. The molecule has 7 nitrogen and oxygen atoms in total. The van der Waals surface area contributed by atoms with Crippen molar-refractivity contribution in [1.82, 2.24) is 5.16 Å². The van der Waals surface area contributed by atoms with E-state index in [2.05, 4.69) is 10.5 Å². The Bertz CT molecular complexity index is 1010. The van der Waals surface area contributed by atoms with E-state index in [1.54, 1.807) is 30.3 Å². The lowest BCUT2D eigenvalue weighted by Gasteiger charge is -2.10. The van der Waals surface area contributed by atoms with Crippen LogP contribution in [0.3, 0.4) is 0 Å². The van der Waals surface area contributed by atoms with Crippen molar-refractivity contribution in [3.63, 3.8) is 0 Å². The molecule has 0 fully saturated rings. The van der Waals surface area contributed by atoms with Crippen LogP contribution in [0.1, 0.15) is 21.8 Å². The van der Waals surface area contributed by atoms with Crippen molar-refractivity contribution in [1.29, 1.82) is 0 Å². The van der Waals surface area contributed by atoms with Gasteiger partial charge in [0.05, 0.1) is 27.6 Å². The van der Waals surface area contributed by atoms with Gasteiger partial charge in [0.1, 0.15) is 11.6 Å². The molecule has 0 spiro atoms. The van der Waals surface area contributed by atoms with Crippen molar-refractivity contribution in [3.05, 3.63) is 81.5 Å². The number of anilines is 1. The van der Waals surface area contributed by atoms with E-state index in [9.17, 15) is 19.3 Å². The summed E-state index contributed by atoms with van der Waals surface area (Å²) in [5.41, 5.74) is 0.525. The molecule has 0 saturated heterocycles. The number of nitrogens with zero attached hydrogens (tertiary/aromatic N) is 2. The van der Waals surface area contributed by atoms with E-state index in [1.165, 1.54) is 11.8 Å². The first kappa shape index (κ1) is 18.6. The number of rotatable bonds is 6. The highest BCUT2D eigenvalue weighted by molar-refractivity contribution is 7.98. The van der Waals surface area contributed by atoms with Gasteiger partial charge < -0.3 is 9.84 Å². The molecule has 1 heterocycles. The van der Waals surface area contributed by atoms with Crippen LogP contribution in [0.15, 0.2) is 57.9 Å². The van der Waals surface area contributed by atoms with Gasteiger partial charge in [0, 0.05) is 23.1 Å². The van der Waals surface area contributed by atoms with Gasteiger partial charge in [-0.15, -0.1) is 11.8 Å². The number of nitro benzene ring substituents is 1. The number of thioether (sulfide) groups is 1. The zero-order valence-corrected chi connectivity index (χ0v) is 15.0. The summed E-state index contributed by atoms with van der Waals surface area (Å²) in [6.07, 6.45) is 0. The minimum Gasteiger partial charge on any atom is -0.360 e. The van der Waals surface area contributed by atoms with Crippen LogP contribution in [-0.2, 0) is 5.75 Å². The number of benzene rings is 2. The third kappa shape index (κ3) is 4.50. The van der Waals surface area contributed by atoms with Crippen LogP contribution in [-0.4, -0.2) is 16.0 Å². The average Bonchev–Trinajstić information content (AvgIpc) is 3.07. The number of amides is 1. The normalized spacial score (nSPS) is 10.6.